The third-order valence-electron chi connectivity index (χ3n) is 1.78. The molecule has 3 nitrogen and oxygen atoms in total. The van der Waals surface area contributed by atoms with Gasteiger partial charge in [-0.25, -0.2) is 4.79 Å². The fraction of sp³-hybridized carbons (Fsp3) is 0.889. The highest BCUT2D eigenvalue weighted by atomic mass is 32.1. The van der Waals surface area contributed by atoms with Crippen molar-refractivity contribution in [3.63, 3.8) is 0 Å². The number of hydrogen-bond donors (Lipinski definition) is 3. The van der Waals surface area contributed by atoms with Gasteiger partial charge in [0.25, 0.3) is 0 Å². The van der Waals surface area contributed by atoms with E-state index in [2.05, 4.69) is 25.3 Å². The number of carbonyl (C=O) groups is 1. The minimum absolute atomic E-state index is 0.00803. The maximum absolute atomic E-state index is 11.0. The lowest BCUT2D eigenvalue weighted by Gasteiger charge is -2.27. The molecule has 0 aromatic carbocycles. The number of ether oxygens (including phenoxy) is 1. The van der Waals surface area contributed by atoms with E-state index >= 15 is 0 Å². The zero-order valence-corrected chi connectivity index (χ0v) is 10.5. The van der Waals surface area contributed by atoms with Gasteiger partial charge >= 0.3 is 5.97 Å². The SMILES string of the molecule is CC(S)COC(C)(CC(C)S)C(=O)O. The lowest BCUT2D eigenvalue weighted by molar-refractivity contribution is -0.164. The fourth-order valence-electron chi connectivity index (χ4n) is 1.08. The lowest BCUT2D eigenvalue weighted by Crippen LogP contribution is -2.41. The predicted molar refractivity (Wildman–Crippen MR) is 63.5 cm³/mol. The quantitative estimate of drug-likeness (QED) is 0.619. The second-order valence-electron chi connectivity index (χ2n) is 3.75. The van der Waals surface area contributed by atoms with Crippen molar-refractivity contribution in [1.82, 2.24) is 0 Å². The summed E-state index contributed by atoms with van der Waals surface area (Å²) in [5.74, 6) is -0.951. The molecule has 84 valence electrons. The van der Waals surface area contributed by atoms with E-state index in [0.29, 0.717) is 13.0 Å². The molecule has 0 aliphatic heterocycles. The average molecular weight is 238 g/mol. The van der Waals surface area contributed by atoms with Gasteiger partial charge in [-0.05, 0) is 13.3 Å². The summed E-state index contributed by atoms with van der Waals surface area (Å²) in [4.78, 5) is 11.0. The van der Waals surface area contributed by atoms with Crippen LogP contribution in [0.15, 0.2) is 0 Å². The van der Waals surface area contributed by atoms with Crippen LogP contribution in [0.1, 0.15) is 27.2 Å². The van der Waals surface area contributed by atoms with E-state index in [1.807, 2.05) is 13.8 Å². The first-order chi connectivity index (χ1) is 6.28. The number of aliphatic carboxylic acids is 1. The van der Waals surface area contributed by atoms with Crippen LogP contribution in [0.2, 0.25) is 0 Å². The van der Waals surface area contributed by atoms with E-state index in [1.54, 1.807) is 6.92 Å². The molecular formula is C9H18O3S2. The lowest BCUT2D eigenvalue weighted by atomic mass is 10.0. The Morgan fingerprint density at radius 1 is 1.43 bits per heavy atom. The highest BCUT2D eigenvalue weighted by Gasteiger charge is 2.35. The second-order valence-corrected chi connectivity index (χ2v) is 5.51. The molecule has 0 bridgehead atoms. The number of rotatable bonds is 6. The molecule has 0 aliphatic rings. The molecule has 5 heteroatoms. The van der Waals surface area contributed by atoms with Crippen LogP contribution in [0.25, 0.3) is 0 Å². The Balaban J connectivity index is 4.32. The largest absolute Gasteiger partial charge is 0.479 e. The van der Waals surface area contributed by atoms with E-state index in [4.69, 9.17) is 9.84 Å². The van der Waals surface area contributed by atoms with Crippen molar-refractivity contribution >= 4 is 31.2 Å². The van der Waals surface area contributed by atoms with Crippen LogP contribution in [0, 0.1) is 0 Å². The van der Waals surface area contributed by atoms with Gasteiger partial charge in [0.2, 0.25) is 0 Å². The van der Waals surface area contributed by atoms with Crippen LogP contribution in [0.4, 0.5) is 0 Å². The molecule has 3 atom stereocenters. The topological polar surface area (TPSA) is 46.5 Å². The van der Waals surface area contributed by atoms with Crippen LogP contribution < -0.4 is 0 Å². The molecular weight excluding hydrogens is 220 g/mol. The molecule has 0 aromatic heterocycles. The first-order valence-corrected chi connectivity index (χ1v) is 5.54. The van der Waals surface area contributed by atoms with Gasteiger partial charge in [-0.15, -0.1) is 0 Å². The number of thiol groups is 2. The maximum Gasteiger partial charge on any atom is 0.335 e. The summed E-state index contributed by atoms with van der Waals surface area (Å²) >= 11 is 8.30. The van der Waals surface area contributed by atoms with E-state index in [1.165, 1.54) is 0 Å². The number of carboxylic acids is 1. The van der Waals surface area contributed by atoms with E-state index in [0.717, 1.165) is 0 Å². The molecule has 0 aromatic rings. The molecule has 0 spiro atoms. The van der Waals surface area contributed by atoms with Crippen molar-refractivity contribution < 1.29 is 14.6 Å². The highest BCUT2D eigenvalue weighted by molar-refractivity contribution is 7.81. The second kappa shape index (κ2) is 5.88. The van der Waals surface area contributed by atoms with Crippen molar-refractivity contribution in [3.8, 4) is 0 Å². The van der Waals surface area contributed by atoms with Gasteiger partial charge in [0.1, 0.15) is 0 Å². The summed E-state index contributed by atoms with van der Waals surface area (Å²) in [7, 11) is 0. The number of carboxylic acid groups (broad SMARTS) is 1. The Kier molecular flexibility index (Phi) is 5.93. The Morgan fingerprint density at radius 3 is 2.21 bits per heavy atom. The monoisotopic (exact) mass is 238 g/mol. The van der Waals surface area contributed by atoms with Crippen LogP contribution in [-0.2, 0) is 9.53 Å². The third kappa shape index (κ3) is 5.12. The standard InChI is InChI=1S/C9H18O3S2/c1-6(13)4-9(3,8(10)11)12-5-7(2)14/h6-7,13-14H,4-5H2,1-3H3,(H,10,11). The zero-order chi connectivity index (χ0) is 11.4. The number of hydrogen-bond acceptors (Lipinski definition) is 4. The molecule has 0 heterocycles. The minimum atomic E-state index is -1.15. The van der Waals surface area contributed by atoms with Gasteiger partial charge in [-0.2, -0.15) is 25.3 Å². The summed E-state index contributed by atoms with van der Waals surface area (Å²) in [6, 6.07) is 0. The van der Waals surface area contributed by atoms with Gasteiger partial charge in [0, 0.05) is 10.5 Å². The van der Waals surface area contributed by atoms with Gasteiger partial charge in [-0.1, -0.05) is 13.8 Å². The van der Waals surface area contributed by atoms with Crippen LogP contribution in [0.3, 0.4) is 0 Å². The normalized spacial score (nSPS) is 19.8. The zero-order valence-electron chi connectivity index (χ0n) is 8.73. The molecule has 0 saturated carbocycles. The molecule has 0 rings (SSSR count). The smallest absolute Gasteiger partial charge is 0.335 e. The summed E-state index contributed by atoms with van der Waals surface area (Å²) < 4.78 is 5.34. The summed E-state index contributed by atoms with van der Waals surface area (Å²) in [5, 5.41) is 9.03. The molecule has 0 aliphatic carbocycles. The molecule has 14 heavy (non-hydrogen) atoms. The summed E-state index contributed by atoms with van der Waals surface area (Å²) in [6.45, 7) is 5.60. The Morgan fingerprint density at radius 2 is 1.93 bits per heavy atom. The van der Waals surface area contributed by atoms with Crippen molar-refractivity contribution in [2.45, 2.75) is 43.3 Å². The van der Waals surface area contributed by atoms with E-state index in [-0.39, 0.29) is 10.5 Å². The predicted octanol–water partition coefficient (Wildman–Crippen LogP) is 1.87. The molecule has 0 radical (unpaired) electrons. The van der Waals surface area contributed by atoms with Gasteiger partial charge in [-0.3, -0.25) is 0 Å². The van der Waals surface area contributed by atoms with Crippen LogP contribution in [-0.4, -0.2) is 33.8 Å². The summed E-state index contributed by atoms with van der Waals surface area (Å²) in [5.41, 5.74) is -1.15. The summed E-state index contributed by atoms with van der Waals surface area (Å²) in [6.07, 6.45) is 0.381. The van der Waals surface area contributed by atoms with Crippen LogP contribution >= 0.6 is 25.3 Å². The average Bonchev–Trinajstić information content (AvgIpc) is 1.99. The Bertz CT molecular complexity index is 194. The Hall–Kier alpha value is 0.130. The van der Waals surface area contributed by atoms with E-state index in [9.17, 15) is 4.79 Å². The maximum atomic E-state index is 11.0. The highest BCUT2D eigenvalue weighted by Crippen LogP contribution is 2.21. The fourth-order valence-corrected chi connectivity index (χ4v) is 1.50. The van der Waals surface area contributed by atoms with Gasteiger partial charge in [0.15, 0.2) is 5.60 Å². The van der Waals surface area contributed by atoms with Gasteiger partial charge in [0.05, 0.1) is 6.61 Å². The molecule has 3 unspecified atom stereocenters. The first kappa shape index (κ1) is 14.1. The van der Waals surface area contributed by atoms with Crippen LogP contribution in [0.5, 0.6) is 0 Å². The molecule has 1 N–H and O–H groups in total. The Labute approximate surface area is 96.0 Å². The third-order valence-corrected chi connectivity index (χ3v) is 2.11. The van der Waals surface area contributed by atoms with Crippen molar-refractivity contribution in [2.24, 2.45) is 0 Å². The molecule has 0 amide bonds. The van der Waals surface area contributed by atoms with E-state index < -0.39 is 11.6 Å². The van der Waals surface area contributed by atoms with Gasteiger partial charge < -0.3 is 9.84 Å². The molecule has 0 saturated heterocycles. The van der Waals surface area contributed by atoms with Crippen molar-refractivity contribution in [2.75, 3.05) is 6.61 Å². The van der Waals surface area contributed by atoms with Crippen molar-refractivity contribution in [1.29, 1.82) is 0 Å². The minimum Gasteiger partial charge on any atom is -0.479 e. The van der Waals surface area contributed by atoms with Crippen molar-refractivity contribution in [3.05, 3.63) is 0 Å². The molecule has 0 fully saturated rings. The first-order valence-electron chi connectivity index (χ1n) is 4.51.